The molecule has 0 bridgehead atoms. The molecule has 2 aromatic carbocycles. The Balaban J connectivity index is 1.38. The zero-order valence-corrected chi connectivity index (χ0v) is 16.9. The van der Waals surface area contributed by atoms with Crippen LogP contribution in [0.2, 0.25) is 0 Å². The number of rotatable bonds is 5. The second-order valence-corrected chi connectivity index (χ2v) is 7.46. The van der Waals surface area contributed by atoms with Crippen molar-refractivity contribution in [3.63, 3.8) is 0 Å². The van der Waals surface area contributed by atoms with Crippen molar-refractivity contribution in [2.75, 3.05) is 0 Å². The van der Waals surface area contributed by atoms with Gasteiger partial charge >= 0.3 is 0 Å². The van der Waals surface area contributed by atoms with Crippen LogP contribution in [-0.2, 0) is 19.4 Å². The maximum absolute atomic E-state index is 12.8. The van der Waals surface area contributed by atoms with Gasteiger partial charge in [-0.25, -0.2) is 4.68 Å². The van der Waals surface area contributed by atoms with E-state index in [0.29, 0.717) is 12.2 Å². The van der Waals surface area contributed by atoms with Crippen molar-refractivity contribution in [1.82, 2.24) is 24.9 Å². The van der Waals surface area contributed by atoms with Crippen molar-refractivity contribution >= 4 is 5.91 Å². The van der Waals surface area contributed by atoms with Crippen molar-refractivity contribution in [2.45, 2.75) is 25.8 Å². The Kier molecular flexibility index (Phi) is 4.92. The summed E-state index contributed by atoms with van der Waals surface area (Å²) in [7, 11) is 0. The lowest BCUT2D eigenvalue weighted by atomic mass is 10.2. The smallest absolute Gasteiger partial charge is 0.272 e. The third-order valence-corrected chi connectivity index (χ3v) is 5.46. The number of aromatic nitrogens is 4. The van der Waals surface area contributed by atoms with Gasteiger partial charge in [-0.15, -0.1) is 0 Å². The number of nitrogens with zero attached hydrogens (tertiary/aromatic N) is 4. The van der Waals surface area contributed by atoms with Gasteiger partial charge in [0.05, 0.1) is 23.6 Å². The van der Waals surface area contributed by atoms with Crippen LogP contribution in [0.5, 0.6) is 0 Å². The van der Waals surface area contributed by atoms with E-state index in [-0.39, 0.29) is 17.2 Å². The molecule has 1 amide bonds. The molecule has 31 heavy (non-hydrogen) atoms. The largest absolute Gasteiger partial charge is 0.345 e. The van der Waals surface area contributed by atoms with E-state index in [1.165, 1.54) is 28.1 Å². The minimum Gasteiger partial charge on any atom is -0.345 e. The van der Waals surface area contributed by atoms with Gasteiger partial charge in [0.15, 0.2) is 0 Å². The molecule has 1 aliphatic rings. The molecule has 4 aromatic rings. The Hall–Kier alpha value is -4.00. The van der Waals surface area contributed by atoms with E-state index in [4.69, 9.17) is 5.10 Å². The Morgan fingerprint density at radius 1 is 0.839 bits per heavy atom. The second kappa shape index (κ2) is 8.02. The molecule has 1 N–H and O–H groups in total. The van der Waals surface area contributed by atoms with E-state index in [9.17, 15) is 9.59 Å². The molecule has 0 atom stereocenters. The summed E-state index contributed by atoms with van der Waals surface area (Å²) in [5, 5.41) is 11.9. The fourth-order valence-electron chi connectivity index (χ4n) is 3.98. The molecule has 154 valence electrons. The number of amides is 1. The predicted octanol–water partition coefficient (Wildman–Crippen LogP) is 2.84. The molecule has 0 unspecified atom stereocenters. The Bertz CT molecular complexity index is 1290. The fourth-order valence-corrected chi connectivity index (χ4v) is 3.98. The third kappa shape index (κ3) is 3.66. The maximum atomic E-state index is 12.8. The van der Waals surface area contributed by atoms with E-state index in [1.54, 1.807) is 12.1 Å². The van der Waals surface area contributed by atoms with Gasteiger partial charge in [0.25, 0.3) is 11.5 Å². The van der Waals surface area contributed by atoms with E-state index in [1.807, 2.05) is 53.2 Å². The van der Waals surface area contributed by atoms with Crippen molar-refractivity contribution in [3.05, 3.63) is 106 Å². The van der Waals surface area contributed by atoms with Gasteiger partial charge in [-0.2, -0.15) is 14.9 Å². The van der Waals surface area contributed by atoms with Crippen molar-refractivity contribution in [1.29, 1.82) is 0 Å². The molecular formula is C24H21N5O2. The van der Waals surface area contributed by atoms with Crippen LogP contribution in [0.3, 0.4) is 0 Å². The molecule has 1 aliphatic carbocycles. The first-order valence-electron chi connectivity index (χ1n) is 10.3. The summed E-state index contributed by atoms with van der Waals surface area (Å²) in [6, 6.07) is 21.9. The summed E-state index contributed by atoms with van der Waals surface area (Å²) in [5.41, 5.74) is 4.83. The average molecular weight is 411 g/mol. The highest BCUT2D eigenvalue weighted by atomic mass is 16.2. The Morgan fingerprint density at radius 2 is 1.52 bits per heavy atom. The van der Waals surface area contributed by atoms with Gasteiger partial charge in [0.1, 0.15) is 5.69 Å². The number of hydrogen-bond donors (Lipinski definition) is 1. The minimum atomic E-state index is -0.342. The summed E-state index contributed by atoms with van der Waals surface area (Å²) in [4.78, 5) is 25.0. The van der Waals surface area contributed by atoms with Crippen molar-refractivity contribution < 1.29 is 4.79 Å². The van der Waals surface area contributed by atoms with E-state index >= 15 is 0 Å². The minimum absolute atomic E-state index is 0.183. The first kappa shape index (κ1) is 19.0. The number of carbonyl (C=O) groups is 1. The third-order valence-electron chi connectivity index (χ3n) is 5.46. The summed E-state index contributed by atoms with van der Waals surface area (Å²) < 4.78 is 3.22. The second-order valence-electron chi connectivity index (χ2n) is 7.46. The quantitative estimate of drug-likeness (QED) is 0.548. The van der Waals surface area contributed by atoms with Crippen LogP contribution < -0.4 is 10.9 Å². The summed E-state index contributed by atoms with van der Waals surface area (Å²) in [5.74, 6) is -0.342. The Labute approximate surface area is 179 Å². The standard InChI is InChI=1S/C24H21N5O2/c30-23-15-14-20(26-29(23)18-10-5-2-6-11-18)24(31)25-16-21-19-12-7-13-22(19)28(27-21)17-8-3-1-4-9-17/h1-6,8-11,14-15H,7,12-13,16H2,(H,25,31). The molecule has 7 nitrogen and oxygen atoms in total. The zero-order chi connectivity index (χ0) is 21.2. The molecule has 2 heterocycles. The number of carbonyl (C=O) groups excluding carboxylic acids is 1. The number of nitrogens with one attached hydrogen (secondary N) is 1. The van der Waals surface area contributed by atoms with Gasteiger partial charge in [0.2, 0.25) is 0 Å². The highest BCUT2D eigenvalue weighted by Crippen LogP contribution is 2.27. The summed E-state index contributed by atoms with van der Waals surface area (Å²) in [6.45, 7) is 0.313. The van der Waals surface area contributed by atoms with Crippen LogP contribution >= 0.6 is 0 Å². The van der Waals surface area contributed by atoms with Gasteiger partial charge < -0.3 is 5.32 Å². The highest BCUT2D eigenvalue weighted by Gasteiger charge is 2.23. The monoisotopic (exact) mass is 411 g/mol. The topological polar surface area (TPSA) is 81.8 Å². The van der Waals surface area contributed by atoms with Gasteiger partial charge in [-0.05, 0) is 55.2 Å². The fraction of sp³-hybridized carbons (Fsp3) is 0.167. The van der Waals surface area contributed by atoms with Crippen LogP contribution in [0.4, 0.5) is 0 Å². The van der Waals surface area contributed by atoms with Crippen LogP contribution in [-0.4, -0.2) is 25.5 Å². The molecule has 7 heteroatoms. The molecule has 0 aliphatic heterocycles. The van der Waals surface area contributed by atoms with E-state index in [2.05, 4.69) is 10.4 Å². The maximum Gasteiger partial charge on any atom is 0.272 e. The zero-order valence-electron chi connectivity index (χ0n) is 16.9. The average Bonchev–Trinajstić information content (AvgIpc) is 3.42. The number of para-hydroxylation sites is 2. The lowest BCUT2D eigenvalue weighted by Gasteiger charge is -2.08. The highest BCUT2D eigenvalue weighted by molar-refractivity contribution is 5.92. The van der Waals surface area contributed by atoms with Gasteiger partial charge in [-0.1, -0.05) is 36.4 Å². The first-order chi connectivity index (χ1) is 15.2. The van der Waals surface area contributed by atoms with Crippen LogP contribution in [0.15, 0.2) is 77.6 Å². The Morgan fingerprint density at radius 3 is 2.23 bits per heavy atom. The first-order valence-corrected chi connectivity index (χ1v) is 10.3. The molecule has 0 spiro atoms. The van der Waals surface area contributed by atoms with Crippen LogP contribution in [0.25, 0.3) is 11.4 Å². The predicted molar refractivity (Wildman–Crippen MR) is 117 cm³/mol. The summed E-state index contributed by atoms with van der Waals surface area (Å²) >= 11 is 0. The summed E-state index contributed by atoms with van der Waals surface area (Å²) in [6.07, 6.45) is 3.03. The lowest BCUT2D eigenvalue weighted by Crippen LogP contribution is -2.29. The molecule has 0 saturated heterocycles. The molecule has 0 radical (unpaired) electrons. The number of fused-ring (bicyclic) bond motifs is 1. The van der Waals surface area contributed by atoms with Gasteiger partial charge in [-0.3, -0.25) is 9.59 Å². The van der Waals surface area contributed by atoms with Crippen molar-refractivity contribution in [2.24, 2.45) is 0 Å². The number of hydrogen-bond acceptors (Lipinski definition) is 4. The lowest BCUT2D eigenvalue weighted by molar-refractivity contribution is 0.0943. The molecule has 0 fully saturated rings. The molecule has 2 aromatic heterocycles. The van der Waals surface area contributed by atoms with E-state index < -0.39 is 0 Å². The molecule has 5 rings (SSSR count). The molecular weight excluding hydrogens is 390 g/mol. The normalized spacial score (nSPS) is 12.5. The van der Waals surface area contributed by atoms with Crippen molar-refractivity contribution in [3.8, 4) is 11.4 Å². The van der Waals surface area contributed by atoms with Crippen LogP contribution in [0, 0.1) is 0 Å². The number of benzene rings is 2. The van der Waals surface area contributed by atoms with Gasteiger partial charge in [0, 0.05) is 11.8 Å². The van der Waals surface area contributed by atoms with Crippen LogP contribution in [0.1, 0.15) is 33.9 Å². The molecule has 0 saturated carbocycles. The SMILES string of the molecule is O=C(NCc1nn(-c2ccccc2)c2c1CCC2)c1ccc(=O)n(-c2ccccc2)n1. The van der Waals surface area contributed by atoms with E-state index in [0.717, 1.165) is 30.6 Å².